The van der Waals surface area contributed by atoms with E-state index in [4.69, 9.17) is 16.3 Å². The van der Waals surface area contributed by atoms with Gasteiger partial charge in [-0.15, -0.1) is 0 Å². The summed E-state index contributed by atoms with van der Waals surface area (Å²) in [6.45, 7) is 2.03. The van der Waals surface area contributed by atoms with Gasteiger partial charge >= 0.3 is 6.03 Å². The third kappa shape index (κ3) is 2.96. The van der Waals surface area contributed by atoms with Crippen LogP contribution in [0.2, 0.25) is 5.02 Å². The molecule has 1 aliphatic heterocycles. The van der Waals surface area contributed by atoms with Crippen LogP contribution < -0.4 is 10.1 Å². The number of rotatable bonds is 5. The predicted octanol–water partition coefficient (Wildman–Crippen LogP) is 3.71. The summed E-state index contributed by atoms with van der Waals surface area (Å²) in [6, 6.07) is 13.9. The minimum absolute atomic E-state index is 0.157. The van der Waals surface area contributed by atoms with Crippen molar-refractivity contribution in [1.82, 2.24) is 10.2 Å². The van der Waals surface area contributed by atoms with E-state index in [1.165, 1.54) is 4.90 Å². The molecule has 1 saturated heterocycles. The van der Waals surface area contributed by atoms with Crippen LogP contribution in [-0.4, -0.2) is 23.9 Å². The summed E-state index contributed by atoms with van der Waals surface area (Å²) in [7, 11) is 1.56. The van der Waals surface area contributed by atoms with E-state index in [1.54, 1.807) is 37.4 Å². The molecule has 0 aromatic heterocycles. The minimum Gasteiger partial charge on any atom is -0.496 e. The molecule has 1 atom stereocenters. The van der Waals surface area contributed by atoms with Crippen LogP contribution in [-0.2, 0) is 16.9 Å². The van der Waals surface area contributed by atoms with Crippen molar-refractivity contribution in [3.8, 4) is 5.75 Å². The normalized spacial score (nSPS) is 19.9. The van der Waals surface area contributed by atoms with Crippen molar-refractivity contribution in [3.05, 3.63) is 64.7 Å². The van der Waals surface area contributed by atoms with Gasteiger partial charge in [0.15, 0.2) is 0 Å². The topological polar surface area (TPSA) is 58.6 Å². The van der Waals surface area contributed by atoms with E-state index in [0.29, 0.717) is 17.2 Å². The highest BCUT2D eigenvalue weighted by Crippen LogP contribution is 2.34. The lowest BCUT2D eigenvalue weighted by Crippen LogP contribution is -2.43. The second-order valence-corrected chi connectivity index (χ2v) is 6.34. The molecule has 0 bridgehead atoms. The molecule has 1 N–H and O–H groups in total. The summed E-state index contributed by atoms with van der Waals surface area (Å²) in [4.78, 5) is 26.9. The lowest BCUT2D eigenvalue weighted by Gasteiger charge is -2.26. The summed E-state index contributed by atoms with van der Waals surface area (Å²) >= 11 is 5.94. The molecule has 2 aromatic carbocycles. The maximum absolute atomic E-state index is 13.1. The second kappa shape index (κ2) is 6.76. The first kappa shape index (κ1) is 17.3. The zero-order valence-corrected chi connectivity index (χ0v) is 14.8. The average Bonchev–Trinajstić information content (AvgIpc) is 2.88. The highest BCUT2D eigenvalue weighted by atomic mass is 35.5. The maximum Gasteiger partial charge on any atom is 0.325 e. The number of halogens is 1. The van der Waals surface area contributed by atoms with Gasteiger partial charge < -0.3 is 10.1 Å². The number of benzene rings is 2. The van der Waals surface area contributed by atoms with Gasteiger partial charge in [-0.05, 0) is 30.2 Å². The lowest BCUT2D eigenvalue weighted by atomic mass is 9.87. The summed E-state index contributed by atoms with van der Waals surface area (Å²) in [5.41, 5.74) is 0.431. The molecule has 6 heteroatoms. The quantitative estimate of drug-likeness (QED) is 0.829. The molecule has 1 heterocycles. The number of ether oxygens (including phenoxy) is 1. The van der Waals surface area contributed by atoms with Gasteiger partial charge in [0.25, 0.3) is 5.91 Å². The smallest absolute Gasteiger partial charge is 0.325 e. The number of nitrogens with one attached hydrogen (secondary N) is 1. The van der Waals surface area contributed by atoms with Crippen molar-refractivity contribution in [2.75, 3.05) is 7.11 Å². The average molecular weight is 359 g/mol. The standard InChI is InChI=1S/C19H19ClN2O3/c1-3-19(14-8-10-15(20)11-9-14)17(23)22(18(24)21-19)12-13-6-4-5-7-16(13)25-2/h4-11H,3,12H2,1-2H3,(H,21,24)/t19-/m1/s1. The molecular weight excluding hydrogens is 340 g/mol. The van der Waals surface area contributed by atoms with E-state index in [9.17, 15) is 9.59 Å². The number of urea groups is 1. The van der Waals surface area contributed by atoms with E-state index in [1.807, 2.05) is 25.1 Å². The second-order valence-electron chi connectivity index (χ2n) is 5.90. The first-order chi connectivity index (χ1) is 12.0. The molecule has 0 aliphatic carbocycles. The zero-order chi connectivity index (χ0) is 18.0. The van der Waals surface area contributed by atoms with E-state index in [0.717, 1.165) is 11.1 Å². The van der Waals surface area contributed by atoms with Gasteiger partial charge in [-0.1, -0.05) is 48.9 Å². The number of nitrogens with zero attached hydrogens (tertiary/aromatic N) is 1. The molecule has 5 nitrogen and oxygen atoms in total. The molecule has 130 valence electrons. The fraction of sp³-hybridized carbons (Fsp3) is 0.263. The molecule has 2 aromatic rings. The Morgan fingerprint density at radius 3 is 2.44 bits per heavy atom. The van der Waals surface area contributed by atoms with Crippen molar-refractivity contribution in [3.63, 3.8) is 0 Å². The van der Waals surface area contributed by atoms with Crippen LogP contribution in [0.5, 0.6) is 5.75 Å². The van der Waals surface area contributed by atoms with Gasteiger partial charge in [0.2, 0.25) is 0 Å². The largest absolute Gasteiger partial charge is 0.496 e. The molecule has 1 fully saturated rings. The van der Waals surface area contributed by atoms with E-state index >= 15 is 0 Å². The molecule has 0 unspecified atom stereocenters. The fourth-order valence-electron chi connectivity index (χ4n) is 3.15. The highest BCUT2D eigenvalue weighted by molar-refractivity contribution is 6.30. The Morgan fingerprint density at radius 1 is 1.12 bits per heavy atom. The van der Waals surface area contributed by atoms with E-state index in [-0.39, 0.29) is 12.5 Å². The van der Waals surface area contributed by atoms with E-state index in [2.05, 4.69) is 5.32 Å². The predicted molar refractivity (Wildman–Crippen MR) is 95.5 cm³/mol. The van der Waals surface area contributed by atoms with Crippen molar-refractivity contribution in [2.24, 2.45) is 0 Å². The summed E-state index contributed by atoms with van der Waals surface area (Å²) in [6.07, 6.45) is 0.446. The third-order valence-corrected chi connectivity index (χ3v) is 4.82. The fourth-order valence-corrected chi connectivity index (χ4v) is 3.27. The molecule has 3 amide bonds. The van der Waals surface area contributed by atoms with Crippen LogP contribution in [0.25, 0.3) is 0 Å². The molecular formula is C19H19ClN2O3. The SMILES string of the molecule is CC[C@]1(c2ccc(Cl)cc2)NC(=O)N(Cc2ccccc2OC)C1=O. The van der Waals surface area contributed by atoms with Crippen molar-refractivity contribution < 1.29 is 14.3 Å². The number of carbonyl (C=O) groups excluding carboxylic acids is 2. The minimum atomic E-state index is -1.07. The Morgan fingerprint density at radius 2 is 1.80 bits per heavy atom. The van der Waals surface area contributed by atoms with Gasteiger partial charge in [0.1, 0.15) is 11.3 Å². The number of imide groups is 1. The van der Waals surface area contributed by atoms with Crippen LogP contribution >= 0.6 is 11.6 Å². The molecule has 25 heavy (non-hydrogen) atoms. The molecule has 0 saturated carbocycles. The Kier molecular flexibility index (Phi) is 4.68. The number of hydrogen-bond acceptors (Lipinski definition) is 3. The number of para-hydroxylation sites is 1. The number of amides is 3. The Bertz CT molecular complexity index is 807. The molecule has 0 radical (unpaired) electrons. The number of carbonyl (C=O) groups is 2. The summed E-state index contributed by atoms with van der Waals surface area (Å²) in [5.74, 6) is 0.372. The molecule has 1 aliphatic rings. The first-order valence-corrected chi connectivity index (χ1v) is 8.41. The zero-order valence-electron chi connectivity index (χ0n) is 14.1. The Labute approximate surface area is 151 Å². The Balaban J connectivity index is 1.94. The summed E-state index contributed by atoms with van der Waals surface area (Å²) < 4.78 is 5.32. The van der Waals surface area contributed by atoms with Crippen molar-refractivity contribution >= 4 is 23.5 Å². The van der Waals surface area contributed by atoms with Crippen LogP contribution in [0.3, 0.4) is 0 Å². The first-order valence-electron chi connectivity index (χ1n) is 8.04. The van der Waals surface area contributed by atoms with Crippen molar-refractivity contribution in [2.45, 2.75) is 25.4 Å². The highest BCUT2D eigenvalue weighted by Gasteiger charge is 2.51. The van der Waals surface area contributed by atoms with Gasteiger partial charge in [0, 0.05) is 10.6 Å². The van der Waals surface area contributed by atoms with Crippen LogP contribution in [0, 0.1) is 0 Å². The summed E-state index contributed by atoms with van der Waals surface area (Å²) in [5, 5.41) is 3.45. The van der Waals surface area contributed by atoms with E-state index < -0.39 is 11.6 Å². The van der Waals surface area contributed by atoms with Gasteiger partial charge in [0.05, 0.1) is 13.7 Å². The van der Waals surface area contributed by atoms with Crippen LogP contribution in [0.4, 0.5) is 4.79 Å². The van der Waals surface area contributed by atoms with Gasteiger partial charge in [-0.3, -0.25) is 9.69 Å². The lowest BCUT2D eigenvalue weighted by molar-refractivity contribution is -0.132. The third-order valence-electron chi connectivity index (χ3n) is 4.56. The molecule has 3 rings (SSSR count). The Hall–Kier alpha value is -2.53. The monoisotopic (exact) mass is 358 g/mol. The molecule has 0 spiro atoms. The van der Waals surface area contributed by atoms with Crippen LogP contribution in [0.15, 0.2) is 48.5 Å². The van der Waals surface area contributed by atoms with Gasteiger partial charge in [-0.2, -0.15) is 0 Å². The number of methoxy groups -OCH3 is 1. The number of hydrogen-bond donors (Lipinski definition) is 1. The van der Waals surface area contributed by atoms with Crippen molar-refractivity contribution in [1.29, 1.82) is 0 Å². The maximum atomic E-state index is 13.1. The van der Waals surface area contributed by atoms with Crippen LogP contribution in [0.1, 0.15) is 24.5 Å². The van der Waals surface area contributed by atoms with Gasteiger partial charge in [-0.25, -0.2) is 4.79 Å².